The Labute approximate surface area is 44.5 Å². The van der Waals surface area contributed by atoms with Gasteiger partial charge in [-0.25, -0.2) is 0 Å². The first-order valence-electron chi connectivity index (χ1n) is 1.13. The molecular formula is C3H5N4. The Hall–Kier alpha value is -0.420. The van der Waals surface area contributed by atoms with Crippen LogP contribution in [0, 0.1) is 0 Å². The van der Waals surface area contributed by atoms with Gasteiger partial charge in [-0.15, -0.1) is 12.3 Å². The van der Waals surface area contributed by atoms with Gasteiger partial charge in [-0.2, -0.15) is 0 Å². The largest absolute Gasteiger partial charge is 0.140 e. The molecule has 37 valence electrons. The number of hydrogen-bond acceptors (Lipinski definition) is 0. The Kier molecular flexibility index (Phi) is 206. The molecule has 0 saturated heterocycles. The summed E-state index contributed by atoms with van der Waals surface area (Å²) in [7, 11) is 0. The standard InChI is InChI=1S/C3H5N.3N/c1-2-3-4;;;/h2H,1,3H2;;;. The summed E-state index contributed by atoms with van der Waals surface area (Å²) in [5.41, 5.74) is 7.76. The number of nitrogens with zero attached hydrogens (tertiary/aromatic N) is 4. The van der Waals surface area contributed by atoms with E-state index in [-0.39, 0.29) is 25.0 Å². The van der Waals surface area contributed by atoms with Crippen LogP contribution < -0.4 is 24.2 Å². The first-order chi connectivity index (χ1) is 1.91. The summed E-state index contributed by atoms with van der Waals surface area (Å²) < 4.78 is 0. The highest BCUT2D eigenvalue weighted by Crippen LogP contribution is 1.44. The maximum absolute atomic E-state index is 7.76. The lowest BCUT2D eigenvalue weighted by atomic mass is 10.7. The third-order valence-corrected chi connectivity index (χ3v) is 0.129. The van der Waals surface area contributed by atoms with E-state index in [0.29, 0.717) is 0 Å². The molecule has 0 N–H and O–H groups in total. The van der Waals surface area contributed by atoms with Gasteiger partial charge in [0.2, 0.25) is 0 Å². The van der Waals surface area contributed by atoms with Crippen molar-refractivity contribution < 1.29 is 0 Å². The van der Waals surface area contributed by atoms with Crippen molar-refractivity contribution in [1.82, 2.24) is 24.2 Å². The molecule has 0 aromatic carbocycles. The van der Waals surface area contributed by atoms with Gasteiger partial charge in [-0.1, -0.05) is 6.08 Å². The minimum absolute atomic E-state index is 0. The van der Waals surface area contributed by atoms with Crippen LogP contribution >= 0.6 is 0 Å². The lowest BCUT2D eigenvalue weighted by Crippen LogP contribution is -1.68. The van der Waals surface area contributed by atoms with Gasteiger partial charge in [-0.05, 0) is 0 Å². The molecule has 0 unspecified atom stereocenters. The fourth-order valence-electron chi connectivity index (χ4n) is 0. The Morgan fingerprint density at radius 2 is 1.43 bits per heavy atom. The molecule has 0 bridgehead atoms. The third-order valence-electron chi connectivity index (χ3n) is 0.129. The molecule has 0 rings (SSSR count). The van der Waals surface area contributed by atoms with Gasteiger partial charge in [0.25, 0.3) is 0 Å². The summed E-state index contributed by atoms with van der Waals surface area (Å²) in [5, 5.41) is 0. The van der Waals surface area contributed by atoms with Crippen LogP contribution in [0.3, 0.4) is 0 Å². The topological polar surface area (TPSA) is 114 Å². The summed E-state index contributed by atoms with van der Waals surface area (Å²) >= 11 is 0. The lowest BCUT2D eigenvalue weighted by molar-refractivity contribution is 1.20. The summed E-state index contributed by atoms with van der Waals surface area (Å²) in [6.07, 6.45) is 1.43. The maximum atomic E-state index is 7.76. The van der Waals surface area contributed by atoms with Crippen LogP contribution in [-0.4, -0.2) is 6.54 Å². The molecule has 0 aromatic rings. The van der Waals surface area contributed by atoms with Crippen LogP contribution in [0.2, 0.25) is 0 Å². The van der Waals surface area contributed by atoms with E-state index in [1.54, 1.807) is 0 Å². The Balaban J connectivity index is -0.0000000150. The van der Waals surface area contributed by atoms with Crippen molar-refractivity contribution in [1.29, 1.82) is 0 Å². The quantitative estimate of drug-likeness (QED) is 0.366. The van der Waals surface area contributed by atoms with E-state index < -0.39 is 0 Å². The highest BCUT2D eigenvalue weighted by Gasteiger charge is 1.48. The van der Waals surface area contributed by atoms with Crippen molar-refractivity contribution in [2.45, 2.75) is 0 Å². The molecule has 0 spiro atoms. The Bertz CT molecular complexity index is 20.9. The molecular weight excluding hydrogens is 92.1 g/mol. The van der Waals surface area contributed by atoms with E-state index in [4.69, 9.17) is 5.73 Å². The molecule has 0 atom stereocenters. The summed E-state index contributed by atoms with van der Waals surface area (Å²) in [4.78, 5) is 0. The first-order valence-corrected chi connectivity index (χ1v) is 1.13. The molecule has 7 heavy (non-hydrogen) atoms. The first kappa shape index (κ1) is 30.8. The fraction of sp³-hybridized carbons (Fsp3) is 0.333. The van der Waals surface area contributed by atoms with Crippen molar-refractivity contribution in [3.05, 3.63) is 12.7 Å². The van der Waals surface area contributed by atoms with Crippen LogP contribution in [0.1, 0.15) is 0 Å². The minimum atomic E-state index is 0. The smallest absolute Gasteiger partial charge is 0.0500 e. The van der Waals surface area contributed by atoms with E-state index in [9.17, 15) is 0 Å². The van der Waals surface area contributed by atoms with E-state index in [0.717, 1.165) is 0 Å². The molecule has 0 aromatic heterocycles. The Morgan fingerprint density at radius 3 is 1.43 bits per heavy atom. The van der Waals surface area contributed by atoms with Gasteiger partial charge in [0, 0.05) is 25.0 Å². The molecule has 0 heterocycles. The second kappa shape index (κ2) is 46.9. The van der Waals surface area contributed by atoms with Crippen LogP contribution in [0.4, 0.5) is 0 Å². The zero-order valence-electron chi connectivity index (χ0n) is 3.78. The zero-order chi connectivity index (χ0) is 3.41. The predicted molar refractivity (Wildman–Crippen MR) is 23.6 cm³/mol. The van der Waals surface area contributed by atoms with E-state index in [2.05, 4.69) is 6.58 Å². The van der Waals surface area contributed by atoms with Gasteiger partial charge in [-0.3, -0.25) is 0 Å². The zero-order valence-corrected chi connectivity index (χ0v) is 3.78. The fourth-order valence-corrected chi connectivity index (χ4v) is 0. The number of rotatable bonds is 1. The average molecular weight is 97.1 g/mol. The van der Waals surface area contributed by atoms with Crippen LogP contribution in [0.5, 0.6) is 0 Å². The second-order valence-electron chi connectivity index (χ2n) is 0.471. The van der Waals surface area contributed by atoms with Gasteiger partial charge < -0.3 is 0 Å². The average Bonchev–Trinajstić information content (AvgIpc) is 1.37. The summed E-state index contributed by atoms with van der Waals surface area (Å²) in [6, 6.07) is 0. The normalized spacial score (nSPS) is 3.57. The molecule has 0 amide bonds. The van der Waals surface area contributed by atoms with Gasteiger partial charge >= 0.3 is 0 Å². The molecule has 0 aliphatic carbocycles. The van der Waals surface area contributed by atoms with E-state index in [1.165, 1.54) is 6.08 Å². The van der Waals surface area contributed by atoms with Crippen LogP contribution in [0.25, 0.3) is 0 Å². The number of hydrogen-bond donors (Lipinski definition) is 0. The highest BCUT2D eigenvalue weighted by atomic mass is 14.5. The van der Waals surface area contributed by atoms with Crippen LogP contribution in [-0.2, 0) is 0 Å². The van der Waals surface area contributed by atoms with E-state index in [1.807, 2.05) is 0 Å². The second-order valence-corrected chi connectivity index (χ2v) is 0.471. The van der Waals surface area contributed by atoms with E-state index >= 15 is 0 Å². The molecule has 0 aliphatic rings. The van der Waals surface area contributed by atoms with Gasteiger partial charge in [0.05, 0.1) is 0 Å². The minimum Gasteiger partial charge on any atom is -0.140 e. The maximum Gasteiger partial charge on any atom is 0.0500 e. The van der Waals surface area contributed by atoms with Gasteiger partial charge in [0.1, 0.15) is 0 Å². The molecule has 0 fully saturated rings. The van der Waals surface area contributed by atoms with Crippen molar-refractivity contribution in [2.75, 3.05) is 6.54 Å². The Morgan fingerprint density at radius 1 is 1.29 bits per heavy atom. The molecule has 11 radical (unpaired) electrons. The van der Waals surface area contributed by atoms with Crippen molar-refractivity contribution in [3.8, 4) is 0 Å². The predicted octanol–water partition coefficient (Wildman–Crippen LogP) is -1.20. The molecule has 4 nitrogen and oxygen atoms in total. The van der Waals surface area contributed by atoms with Crippen molar-refractivity contribution in [3.63, 3.8) is 0 Å². The molecule has 0 saturated carbocycles. The third kappa shape index (κ3) is 213. The van der Waals surface area contributed by atoms with Crippen LogP contribution in [0.15, 0.2) is 12.7 Å². The SMILES string of the molecule is C=CC[N].[N].[N].[N]. The van der Waals surface area contributed by atoms with Gasteiger partial charge in [0.15, 0.2) is 0 Å². The molecule has 4 heteroatoms. The summed E-state index contributed by atoms with van der Waals surface area (Å²) in [6.45, 7) is 3.31. The van der Waals surface area contributed by atoms with Crippen molar-refractivity contribution in [2.24, 2.45) is 0 Å². The summed E-state index contributed by atoms with van der Waals surface area (Å²) in [5.74, 6) is 0. The molecule has 0 aliphatic heterocycles. The van der Waals surface area contributed by atoms with Crippen molar-refractivity contribution >= 4 is 0 Å². The highest BCUT2D eigenvalue weighted by molar-refractivity contribution is 4.64. The lowest BCUT2D eigenvalue weighted by Gasteiger charge is -1.55. The monoisotopic (exact) mass is 97.1 g/mol.